The van der Waals surface area contributed by atoms with Crippen molar-refractivity contribution in [3.63, 3.8) is 0 Å². The fraction of sp³-hybridized carbons (Fsp3) is 0.864. The molecule has 28 heavy (non-hydrogen) atoms. The highest BCUT2D eigenvalue weighted by Crippen LogP contribution is 2.19. The van der Waals surface area contributed by atoms with Crippen LogP contribution < -0.4 is 0 Å². The van der Waals surface area contributed by atoms with Crippen molar-refractivity contribution in [3.8, 4) is 0 Å². The van der Waals surface area contributed by atoms with E-state index in [1.54, 1.807) is 0 Å². The second kappa shape index (κ2) is 17.0. The fourth-order valence-electron chi connectivity index (χ4n) is 2.80. The third-order valence-corrected chi connectivity index (χ3v) is 4.63. The number of carbonyl (C=O) groups is 1. The molecule has 3 N–H and O–H groups in total. The molecule has 0 bridgehead atoms. The van der Waals surface area contributed by atoms with Crippen LogP contribution in [0.2, 0.25) is 0 Å². The van der Waals surface area contributed by atoms with Crippen LogP contribution in [0.15, 0.2) is 11.6 Å². The molecule has 0 aliphatic heterocycles. The molecule has 166 valence electrons. The summed E-state index contributed by atoms with van der Waals surface area (Å²) in [5.41, 5.74) is 1.19. The van der Waals surface area contributed by atoms with Gasteiger partial charge in [0.1, 0.15) is 18.8 Å². The number of carbonyl (C=O) groups excluding carboxylic acids is 1. The Labute approximate surface area is 170 Å². The maximum Gasteiger partial charge on any atom is 0.309 e. The first-order valence-electron chi connectivity index (χ1n) is 10.6. The number of allylic oxidation sites excluding steroid dienone is 1. The van der Waals surface area contributed by atoms with Crippen molar-refractivity contribution in [1.29, 1.82) is 0 Å². The highest BCUT2D eigenvalue weighted by atomic mass is 16.5. The largest absolute Gasteiger partial charge is 0.463 e. The van der Waals surface area contributed by atoms with Gasteiger partial charge in [0.05, 0.1) is 26.2 Å². The van der Waals surface area contributed by atoms with Gasteiger partial charge in [0.2, 0.25) is 0 Å². The van der Waals surface area contributed by atoms with E-state index >= 15 is 0 Å². The van der Waals surface area contributed by atoms with Gasteiger partial charge in [0.25, 0.3) is 0 Å². The van der Waals surface area contributed by atoms with Gasteiger partial charge in [-0.1, -0.05) is 58.1 Å². The van der Waals surface area contributed by atoms with Crippen molar-refractivity contribution < 1.29 is 29.6 Å². The summed E-state index contributed by atoms with van der Waals surface area (Å²) in [4.78, 5) is 11.7. The molecule has 0 amide bonds. The normalized spacial score (nSPS) is 15.5. The van der Waals surface area contributed by atoms with Crippen molar-refractivity contribution in [2.24, 2.45) is 11.8 Å². The third kappa shape index (κ3) is 17.2. The van der Waals surface area contributed by atoms with E-state index in [9.17, 15) is 9.90 Å². The van der Waals surface area contributed by atoms with Crippen LogP contribution in [-0.4, -0.2) is 59.9 Å². The Kier molecular flexibility index (Phi) is 16.4. The van der Waals surface area contributed by atoms with Gasteiger partial charge in [0.15, 0.2) is 0 Å². The van der Waals surface area contributed by atoms with Gasteiger partial charge < -0.3 is 24.8 Å². The minimum atomic E-state index is -0.967. The molecule has 0 rings (SSSR count). The molecule has 0 aliphatic rings. The number of rotatable bonds is 17. The van der Waals surface area contributed by atoms with E-state index in [4.69, 9.17) is 19.7 Å². The summed E-state index contributed by atoms with van der Waals surface area (Å²) in [7, 11) is 0. The van der Waals surface area contributed by atoms with E-state index in [0.29, 0.717) is 0 Å². The maximum atomic E-state index is 11.7. The first-order valence-corrected chi connectivity index (χ1v) is 10.6. The summed E-state index contributed by atoms with van der Waals surface area (Å²) < 4.78 is 10.0. The molecule has 0 aromatic carbocycles. The second-order valence-electron chi connectivity index (χ2n) is 8.29. The minimum absolute atomic E-state index is 0.0610. The van der Waals surface area contributed by atoms with Crippen molar-refractivity contribution in [2.45, 2.75) is 84.8 Å². The van der Waals surface area contributed by atoms with Crippen LogP contribution in [0.4, 0.5) is 0 Å². The highest BCUT2D eigenvalue weighted by Gasteiger charge is 2.10. The van der Waals surface area contributed by atoms with E-state index in [1.165, 1.54) is 31.3 Å². The Bertz CT molecular complexity index is 421. The van der Waals surface area contributed by atoms with Crippen LogP contribution in [-0.2, 0) is 14.3 Å². The predicted octanol–water partition coefficient (Wildman–Crippen LogP) is 3.23. The first-order chi connectivity index (χ1) is 13.2. The van der Waals surface area contributed by atoms with Gasteiger partial charge in [-0.25, -0.2) is 0 Å². The van der Waals surface area contributed by atoms with Crippen molar-refractivity contribution in [2.75, 3.05) is 26.4 Å². The quantitative estimate of drug-likeness (QED) is 0.255. The zero-order valence-electron chi connectivity index (χ0n) is 18.2. The van der Waals surface area contributed by atoms with Gasteiger partial charge in [-0.15, -0.1) is 0 Å². The summed E-state index contributed by atoms with van der Waals surface area (Å²) in [6.45, 7) is 8.21. The third-order valence-electron chi connectivity index (χ3n) is 4.63. The van der Waals surface area contributed by atoms with Gasteiger partial charge in [-0.2, -0.15) is 0 Å². The summed E-state index contributed by atoms with van der Waals surface area (Å²) in [6, 6.07) is 0. The van der Waals surface area contributed by atoms with Crippen molar-refractivity contribution >= 4 is 5.97 Å². The van der Waals surface area contributed by atoms with Crippen LogP contribution >= 0.6 is 0 Å². The number of esters is 1. The molecule has 0 aromatic rings. The summed E-state index contributed by atoms with van der Waals surface area (Å²) >= 11 is 0. The minimum Gasteiger partial charge on any atom is -0.463 e. The number of aliphatic hydroxyl groups is 3. The van der Waals surface area contributed by atoms with Gasteiger partial charge in [0, 0.05) is 0 Å². The van der Waals surface area contributed by atoms with Crippen LogP contribution in [0.3, 0.4) is 0 Å². The first kappa shape index (κ1) is 27.0. The molecular weight excluding hydrogens is 360 g/mol. The molecule has 6 nitrogen and oxygen atoms in total. The number of ether oxygens (including phenoxy) is 2. The lowest BCUT2D eigenvalue weighted by molar-refractivity contribution is -0.147. The Morgan fingerprint density at radius 2 is 1.61 bits per heavy atom. The molecule has 0 spiro atoms. The van der Waals surface area contributed by atoms with Crippen LogP contribution in [0.25, 0.3) is 0 Å². The van der Waals surface area contributed by atoms with E-state index in [-0.39, 0.29) is 32.2 Å². The van der Waals surface area contributed by atoms with Crippen LogP contribution in [0, 0.1) is 11.8 Å². The van der Waals surface area contributed by atoms with Crippen LogP contribution in [0.1, 0.15) is 72.6 Å². The lowest BCUT2D eigenvalue weighted by Crippen LogP contribution is -2.27. The van der Waals surface area contributed by atoms with E-state index in [1.807, 2.05) is 13.0 Å². The molecule has 0 saturated heterocycles. The Hall–Kier alpha value is -0.950. The molecule has 0 aromatic heterocycles. The highest BCUT2D eigenvalue weighted by molar-refractivity contribution is 5.71. The molecule has 0 fully saturated rings. The standard InChI is InChI=1S/C22H42O6/c1-17(2)7-5-8-18(3)9-6-10-19(4)11-12-22(26)28-16-21(25)15-27-14-20(24)13-23/h11,17-18,20-21,23-25H,5-10,12-16H2,1-4H3/b19-11+. The van der Waals surface area contributed by atoms with Crippen molar-refractivity contribution in [3.05, 3.63) is 11.6 Å². The molecule has 0 aliphatic carbocycles. The Balaban J connectivity index is 3.80. The lowest BCUT2D eigenvalue weighted by Gasteiger charge is -2.13. The molecule has 0 radical (unpaired) electrons. The number of hydrogen-bond donors (Lipinski definition) is 3. The zero-order valence-corrected chi connectivity index (χ0v) is 18.2. The fourth-order valence-corrected chi connectivity index (χ4v) is 2.80. The Morgan fingerprint density at radius 1 is 0.964 bits per heavy atom. The van der Waals surface area contributed by atoms with Gasteiger partial charge >= 0.3 is 5.97 Å². The topological polar surface area (TPSA) is 96.2 Å². The van der Waals surface area contributed by atoms with E-state index in [0.717, 1.165) is 24.7 Å². The molecule has 6 heteroatoms. The van der Waals surface area contributed by atoms with Gasteiger partial charge in [-0.3, -0.25) is 4.79 Å². The predicted molar refractivity (Wildman–Crippen MR) is 111 cm³/mol. The molecule has 3 atom stereocenters. The summed E-state index contributed by atoms with van der Waals surface area (Å²) in [6.07, 6.45) is 7.42. The van der Waals surface area contributed by atoms with Gasteiger partial charge in [-0.05, 0) is 31.6 Å². The number of aliphatic hydroxyl groups excluding tert-OH is 3. The lowest BCUT2D eigenvalue weighted by atomic mass is 9.94. The SMILES string of the molecule is C/C(=C\CC(=O)OCC(O)COCC(O)CO)CCCC(C)CCCC(C)C. The second-order valence-corrected chi connectivity index (χ2v) is 8.29. The monoisotopic (exact) mass is 402 g/mol. The summed E-state index contributed by atoms with van der Waals surface area (Å²) in [5, 5.41) is 27.4. The smallest absolute Gasteiger partial charge is 0.309 e. The average molecular weight is 403 g/mol. The average Bonchev–Trinajstić information content (AvgIpc) is 2.64. The zero-order chi connectivity index (χ0) is 21.4. The van der Waals surface area contributed by atoms with Crippen LogP contribution in [0.5, 0.6) is 0 Å². The van der Waals surface area contributed by atoms with E-state index < -0.39 is 18.8 Å². The molecule has 0 heterocycles. The van der Waals surface area contributed by atoms with E-state index in [2.05, 4.69) is 20.8 Å². The molecule has 3 unspecified atom stereocenters. The number of hydrogen-bond acceptors (Lipinski definition) is 6. The maximum absolute atomic E-state index is 11.7. The molecule has 0 saturated carbocycles. The molecular formula is C22H42O6. The van der Waals surface area contributed by atoms with Crippen molar-refractivity contribution in [1.82, 2.24) is 0 Å². The Morgan fingerprint density at radius 3 is 2.25 bits per heavy atom. The summed E-state index contributed by atoms with van der Waals surface area (Å²) in [5.74, 6) is 1.15.